The van der Waals surface area contributed by atoms with E-state index in [1.807, 2.05) is 0 Å². The van der Waals surface area contributed by atoms with Crippen molar-refractivity contribution in [1.82, 2.24) is 4.57 Å². The molecule has 1 heterocycles. The topological polar surface area (TPSA) is 90.8 Å². The molecule has 0 unspecified atom stereocenters. The summed E-state index contributed by atoms with van der Waals surface area (Å²) in [5.41, 5.74) is 0.287. The maximum atomic E-state index is 12.3. The molecule has 0 saturated carbocycles. The van der Waals surface area contributed by atoms with Crippen molar-refractivity contribution in [2.24, 2.45) is 0 Å². The van der Waals surface area contributed by atoms with E-state index >= 15 is 0 Å². The van der Waals surface area contributed by atoms with Crippen molar-refractivity contribution in [3.05, 3.63) is 30.0 Å². The van der Waals surface area contributed by atoms with Crippen LogP contribution in [0.3, 0.4) is 0 Å². The number of carbonyl (C=O) groups is 1. The van der Waals surface area contributed by atoms with Crippen molar-refractivity contribution >= 4 is 22.7 Å². The Hall–Kier alpha value is -2.99. The number of nitriles is 2. The predicted molar refractivity (Wildman–Crippen MR) is 91.6 cm³/mol. The van der Waals surface area contributed by atoms with Gasteiger partial charge in [0.1, 0.15) is 17.2 Å². The summed E-state index contributed by atoms with van der Waals surface area (Å²) in [6.07, 6.45) is 0.935. The van der Waals surface area contributed by atoms with Crippen LogP contribution in [0.4, 0.5) is 10.5 Å². The average Bonchev–Trinajstić information content (AvgIpc) is 2.83. The Labute approximate surface area is 141 Å². The second kappa shape index (κ2) is 5.90. The van der Waals surface area contributed by atoms with Crippen molar-refractivity contribution in [2.45, 2.75) is 45.8 Å². The standard InChI is InChI=1S/C18H20N4O2/c1-17(2,3)24-16(23)22-10-12(9-19)14-8-13(6-7-15(14)22)21-18(4,5)11-20/h6-8,10,21H,1-5H3. The largest absolute Gasteiger partial charge is 0.443 e. The van der Waals surface area contributed by atoms with Gasteiger partial charge in [0, 0.05) is 17.3 Å². The van der Waals surface area contributed by atoms with Gasteiger partial charge in [-0.05, 0) is 52.8 Å². The van der Waals surface area contributed by atoms with E-state index in [-0.39, 0.29) is 0 Å². The fourth-order valence-corrected chi connectivity index (χ4v) is 2.25. The molecule has 2 aromatic rings. The lowest BCUT2D eigenvalue weighted by molar-refractivity contribution is 0.0544. The van der Waals surface area contributed by atoms with Gasteiger partial charge in [-0.1, -0.05) is 0 Å². The number of benzene rings is 1. The van der Waals surface area contributed by atoms with E-state index in [2.05, 4.69) is 17.5 Å². The summed E-state index contributed by atoms with van der Waals surface area (Å²) in [5.74, 6) is 0. The van der Waals surface area contributed by atoms with Gasteiger partial charge in [0.25, 0.3) is 0 Å². The maximum Gasteiger partial charge on any atom is 0.419 e. The van der Waals surface area contributed by atoms with Gasteiger partial charge >= 0.3 is 6.09 Å². The predicted octanol–water partition coefficient (Wildman–Crippen LogP) is 4.01. The summed E-state index contributed by atoms with van der Waals surface area (Å²) in [4.78, 5) is 12.3. The number of hydrogen-bond donors (Lipinski definition) is 1. The van der Waals surface area contributed by atoms with Crippen LogP contribution < -0.4 is 5.32 Å². The molecule has 1 aromatic heterocycles. The first kappa shape index (κ1) is 17.4. The smallest absolute Gasteiger partial charge is 0.419 e. The van der Waals surface area contributed by atoms with Gasteiger partial charge in [-0.25, -0.2) is 4.79 Å². The minimum Gasteiger partial charge on any atom is -0.443 e. The molecule has 6 heteroatoms. The van der Waals surface area contributed by atoms with Crippen molar-refractivity contribution in [2.75, 3.05) is 5.32 Å². The SMILES string of the molecule is CC(C)(C#N)Nc1ccc2c(c1)c(C#N)cn2C(=O)OC(C)(C)C. The fourth-order valence-electron chi connectivity index (χ4n) is 2.25. The quantitative estimate of drug-likeness (QED) is 0.901. The molecule has 1 aromatic carbocycles. The third kappa shape index (κ3) is 3.67. The molecular formula is C18H20N4O2. The molecule has 2 rings (SSSR count). The number of nitrogens with zero attached hydrogens (tertiary/aromatic N) is 3. The van der Waals surface area contributed by atoms with Gasteiger partial charge in [0.15, 0.2) is 0 Å². The van der Waals surface area contributed by atoms with Crippen LogP contribution in [-0.2, 0) is 4.74 Å². The Morgan fingerprint density at radius 2 is 1.88 bits per heavy atom. The van der Waals surface area contributed by atoms with Crippen molar-refractivity contribution < 1.29 is 9.53 Å². The Balaban J connectivity index is 2.50. The molecule has 0 aliphatic heterocycles. The Bertz CT molecular complexity index is 873. The molecule has 0 fully saturated rings. The third-order valence-electron chi connectivity index (χ3n) is 3.25. The summed E-state index contributed by atoms with van der Waals surface area (Å²) in [5, 5.41) is 22.2. The lowest BCUT2D eigenvalue weighted by atomic mass is 10.1. The first-order valence-electron chi connectivity index (χ1n) is 7.54. The first-order chi connectivity index (χ1) is 11.1. The molecule has 0 spiro atoms. The number of hydrogen-bond acceptors (Lipinski definition) is 5. The van der Waals surface area contributed by atoms with Gasteiger partial charge in [-0.3, -0.25) is 4.57 Å². The van der Waals surface area contributed by atoms with Crippen LogP contribution in [0.2, 0.25) is 0 Å². The summed E-state index contributed by atoms with van der Waals surface area (Å²) in [6, 6.07) is 9.51. The van der Waals surface area contributed by atoms with Crippen LogP contribution in [0, 0.1) is 22.7 Å². The monoisotopic (exact) mass is 324 g/mol. The zero-order chi connectivity index (χ0) is 18.1. The van der Waals surface area contributed by atoms with Crippen LogP contribution in [0.5, 0.6) is 0 Å². The summed E-state index contributed by atoms with van der Waals surface area (Å²) in [6.45, 7) is 8.87. The van der Waals surface area contributed by atoms with Crippen molar-refractivity contribution in [3.63, 3.8) is 0 Å². The molecule has 0 aliphatic carbocycles. The molecule has 0 bridgehead atoms. The fraction of sp³-hybridized carbons (Fsp3) is 0.389. The average molecular weight is 324 g/mol. The second-order valence-corrected chi connectivity index (χ2v) is 7.10. The van der Waals surface area contributed by atoms with Crippen LogP contribution in [0.15, 0.2) is 24.4 Å². The first-order valence-corrected chi connectivity index (χ1v) is 7.54. The zero-order valence-corrected chi connectivity index (χ0v) is 14.5. The number of ether oxygens (including phenoxy) is 1. The van der Waals surface area contributed by atoms with Gasteiger partial charge in [-0.2, -0.15) is 10.5 Å². The molecule has 24 heavy (non-hydrogen) atoms. The molecule has 124 valence electrons. The van der Waals surface area contributed by atoms with Crippen LogP contribution in [0.25, 0.3) is 10.9 Å². The minimum atomic E-state index is -0.742. The van der Waals surface area contributed by atoms with Crippen molar-refractivity contribution in [3.8, 4) is 12.1 Å². The number of anilines is 1. The summed E-state index contributed by atoms with van der Waals surface area (Å²) in [7, 11) is 0. The number of aromatic nitrogens is 1. The van der Waals surface area contributed by atoms with Gasteiger partial charge in [0.2, 0.25) is 0 Å². The number of fused-ring (bicyclic) bond motifs is 1. The van der Waals surface area contributed by atoms with E-state index in [0.29, 0.717) is 22.2 Å². The van der Waals surface area contributed by atoms with Crippen LogP contribution in [-0.4, -0.2) is 21.8 Å². The Kier molecular flexibility index (Phi) is 4.27. The summed E-state index contributed by atoms with van der Waals surface area (Å²) < 4.78 is 6.71. The lowest BCUT2D eigenvalue weighted by Crippen LogP contribution is -2.28. The van der Waals surface area contributed by atoms with E-state index in [0.717, 1.165) is 0 Å². The number of nitrogens with one attached hydrogen (secondary N) is 1. The molecule has 0 amide bonds. The molecular weight excluding hydrogens is 304 g/mol. The second-order valence-electron chi connectivity index (χ2n) is 7.10. The van der Waals surface area contributed by atoms with Crippen molar-refractivity contribution in [1.29, 1.82) is 10.5 Å². The van der Waals surface area contributed by atoms with E-state index in [1.54, 1.807) is 52.8 Å². The van der Waals surface area contributed by atoms with Gasteiger partial charge in [0.05, 0.1) is 17.1 Å². The summed E-state index contributed by atoms with van der Waals surface area (Å²) >= 11 is 0. The Morgan fingerprint density at radius 3 is 2.42 bits per heavy atom. The van der Waals surface area contributed by atoms with E-state index in [1.165, 1.54) is 10.8 Å². The third-order valence-corrected chi connectivity index (χ3v) is 3.25. The van der Waals surface area contributed by atoms with Gasteiger partial charge in [-0.15, -0.1) is 0 Å². The number of rotatable bonds is 2. The maximum absolute atomic E-state index is 12.3. The molecule has 6 nitrogen and oxygen atoms in total. The van der Waals surface area contributed by atoms with E-state index < -0.39 is 17.2 Å². The highest BCUT2D eigenvalue weighted by Gasteiger charge is 2.22. The lowest BCUT2D eigenvalue weighted by Gasteiger charge is -2.20. The normalized spacial score (nSPS) is 11.6. The minimum absolute atomic E-state index is 0.370. The zero-order valence-electron chi connectivity index (χ0n) is 14.5. The van der Waals surface area contributed by atoms with E-state index in [9.17, 15) is 10.1 Å². The molecule has 0 saturated heterocycles. The molecule has 1 N–H and O–H groups in total. The molecule has 0 atom stereocenters. The van der Waals surface area contributed by atoms with Crippen LogP contribution in [0.1, 0.15) is 40.2 Å². The van der Waals surface area contributed by atoms with Gasteiger partial charge < -0.3 is 10.1 Å². The number of carbonyl (C=O) groups excluding carboxylic acids is 1. The molecule has 0 aliphatic rings. The highest BCUT2D eigenvalue weighted by Crippen LogP contribution is 2.27. The highest BCUT2D eigenvalue weighted by atomic mass is 16.6. The Morgan fingerprint density at radius 1 is 1.21 bits per heavy atom. The molecule has 0 radical (unpaired) electrons. The highest BCUT2D eigenvalue weighted by molar-refractivity contribution is 5.95. The van der Waals surface area contributed by atoms with Crippen LogP contribution >= 0.6 is 0 Å². The van der Waals surface area contributed by atoms with E-state index in [4.69, 9.17) is 10.00 Å².